The average molecular weight is 189 g/mol. The van der Waals surface area contributed by atoms with Crippen molar-refractivity contribution in [1.82, 2.24) is 4.98 Å². The van der Waals surface area contributed by atoms with E-state index in [0.29, 0.717) is 0 Å². The Morgan fingerprint density at radius 1 is 1.50 bits per heavy atom. The highest BCUT2D eigenvalue weighted by Crippen LogP contribution is 2.29. The predicted octanol–water partition coefficient (Wildman–Crippen LogP) is 3.63. The van der Waals surface area contributed by atoms with E-state index in [2.05, 4.69) is 38.4 Å². The molecule has 0 aromatic carbocycles. The fraction of sp³-hybridized carbons (Fsp3) is 0.462. The molecule has 0 radical (unpaired) electrons. The van der Waals surface area contributed by atoms with Gasteiger partial charge in [-0.15, -0.1) is 6.58 Å². The van der Waals surface area contributed by atoms with E-state index < -0.39 is 0 Å². The Morgan fingerprint density at radius 3 is 2.71 bits per heavy atom. The van der Waals surface area contributed by atoms with Gasteiger partial charge in [0.1, 0.15) is 0 Å². The molecule has 76 valence electrons. The molecular formula is C13H19N. The molecule has 1 heteroatoms. The Kier molecular flexibility index (Phi) is 3.45. The zero-order chi connectivity index (χ0) is 10.6. The van der Waals surface area contributed by atoms with Gasteiger partial charge in [0.15, 0.2) is 0 Å². The molecule has 0 spiro atoms. The number of hydrogen-bond donors (Lipinski definition) is 0. The van der Waals surface area contributed by atoms with E-state index in [1.165, 1.54) is 11.1 Å². The standard InChI is InChI=1S/C13H19N/c1-5-7-13(4,6-2)12-8-11(3)9-14-10-12/h6,8-10H,2,5,7H2,1,3-4H3. The van der Waals surface area contributed by atoms with E-state index in [-0.39, 0.29) is 5.41 Å². The third-order valence-corrected chi connectivity index (χ3v) is 2.75. The summed E-state index contributed by atoms with van der Waals surface area (Å²) in [5.74, 6) is 0. The van der Waals surface area contributed by atoms with Crippen LogP contribution in [0, 0.1) is 6.92 Å². The third-order valence-electron chi connectivity index (χ3n) is 2.75. The summed E-state index contributed by atoms with van der Waals surface area (Å²) in [6, 6.07) is 2.20. The SMILES string of the molecule is C=CC(C)(CCC)c1cncc(C)c1. The van der Waals surface area contributed by atoms with Crippen molar-refractivity contribution in [1.29, 1.82) is 0 Å². The minimum Gasteiger partial charge on any atom is -0.264 e. The van der Waals surface area contributed by atoms with Crippen LogP contribution in [0.3, 0.4) is 0 Å². The van der Waals surface area contributed by atoms with Crippen molar-refractivity contribution in [2.45, 2.75) is 39.0 Å². The van der Waals surface area contributed by atoms with Crippen LogP contribution in [0.25, 0.3) is 0 Å². The summed E-state index contributed by atoms with van der Waals surface area (Å²) in [6.07, 6.45) is 8.16. The Labute approximate surface area is 86.9 Å². The molecule has 1 aromatic rings. The van der Waals surface area contributed by atoms with Crippen molar-refractivity contribution in [2.75, 3.05) is 0 Å². The number of aromatic nitrogens is 1. The molecule has 0 aliphatic rings. The smallest absolute Gasteiger partial charge is 0.0308 e. The van der Waals surface area contributed by atoms with Crippen LogP contribution in [-0.4, -0.2) is 4.98 Å². The zero-order valence-electron chi connectivity index (χ0n) is 9.38. The van der Waals surface area contributed by atoms with Gasteiger partial charge in [-0.3, -0.25) is 4.98 Å². The van der Waals surface area contributed by atoms with Crippen LogP contribution in [0.1, 0.15) is 37.8 Å². The topological polar surface area (TPSA) is 12.9 Å². The minimum absolute atomic E-state index is 0.0772. The highest BCUT2D eigenvalue weighted by molar-refractivity contribution is 5.29. The molecule has 0 saturated carbocycles. The minimum atomic E-state index is 0.0772. The maximum atomic E-state index is 4.23. The van der Waals surface area contributed by atoms with Crippen molar-refractivity contribution in [3.8, 4) is 0 Å². The Bertz CT molecular complexity index is 317. The molecule has 1 rings (SSSR count). The Balaban J connectivity index is 3.05. The quantitative estimate of drug-likeness (QED) is 0.659. The van der Waals surface area contributed by atoms with Crippen LogP contribution in [0.2, 0.25) is 0 Å². The normalized spacial score (nSPS) is 14.8. The molecule has 1 atom stereocenters. The van der Waals surface area contributed by atoms with Gasteiger partial charge in [0.2, 0.25) is 0 Å². The highest BCUT2D eigenvalue weighted by atomic mass is 14.6. The van der Waals surface area contributed by atoms with Gasteiger partial charge in [0.25, 0.3) is 0 Å². The Morgan fingerprint density at radius 2 is 2.21 bits per heavy atom. The van der Waals surface area contributed by atoms with Gasteiger partial charge in [0.05, 0.1) is 0 Å². The van der Waals surface area contributed by atoms with Crippen LogP contribution in [-0.2, 0) is 5.41 Å². The van der Waals surface area contributed by atoms with Crippen LogP contribution in [0.15, 0.2) is 31.1 Å². The molecule has 14 heavy (non-hydrogen) atoms. The van der Waals surface area contributed by atoms with Gasteiger partial charge in [-0.05, 0) is 24.5 Å². The van der Waals surface area contributed by atoms with Crippen LogP contribution < -0.4 is 0 Å². The largest absolute Gasteiger partial charge is 0.264 e. The lowest BCUT2D eigenvalue weighted by molar-refractivity contribution is 0.530. The summed E-state index contributed by atoms with van der Waals surface area (Å²) in [4.78, 5) is 4.23. The molecule has 1 aromatic heterocycles. The Hall–Kier alpha value is -1.11. The molecule has 0 aliphatic heterocycles. The third kappa shape index (κ3) is 2.22. The number of hydrogen-bond acceptors (Lipinski definition) is 1. The molecule has 0 bridgehead atoms. The summed E-state index contributed by atoms with van der Waals surface area (Å²) in [6.45, 7) is 10.4. The summed E-state index contributed by atoms with van der Waals surface area (Å²) < 4.78 is 0. The second-order valence-corrected chi connectivity index (χ2v) is 4.12. The number of allylic oxidation sites excluding steroid dienone is 1. The first-order valence-electron chi connectivity index (χ1n) is 5.18. The maximum absolute atomic E-state index is 4.23. The van der Waals surface area contributed by atoms with Gasteiger partial charge in [-0.25, -0.2) is 0 Å². The van der Waals surface area contributed by atoms with Gasteiger partial charge in [-0.2, -0.15) is 0 Å². The summed E-state index contributed by atoms with van der Waals surface area (Å²) in [5.41, 5.74) is 2.56. The van der Waals surface area contributed by atoms with Crippen molar-refractivity contribution in [3.63, 3.8) is 0 Å². The maximum Gasteiger partial charge on any atom is 0.0308 e. The van der Waals surface area contributed by atoms with Crippen LogP contribution in [0.4, 0.5) is 0 Å². The molecule has 1 unspecified atom stereocenters. The lowest BCUT2D eigenvalue weighted by Gasteiger charge is -2.25. The van der Waals surface area contributed by atoms with Crippen LogP contribution in [0.5, 0.6) is 0 Å². The second kappa shape index (κ2) is 4.41. The molecule has 0 fully saturated rings. The van der Waals surface area contributed by atoms with Gasteiger partial charge in [0, 0.05) is 17.8 Å². The molecular weight excluding hydrogens is 170 g/mol. The molecule has 0 amide bonds. The number of nitrogens with zero attached hydrogens (tertiary/aromatic N) is 1. The first kappa shape index (κ1) is 11.0. The van der Waals surface area contributed by atoms with Crippen molar-refractivity contribution < 1.29 is 0 Å². The first-order valence-corrected chi connectivity index (χ1v) is 5.18. The van der Waals surface area contributed by atoms with Gasteiger partial charge < -0.3 is 0 Å². The van der Waals surface area contributed by atoms with Gasteiger partial charge in [-0.1, -0.05) is 32.4 Å². The summed E-state index contributed by atoms with van der Waals surface area (Å²) in [5, 5.41) is 0. The molecule has 0 N–H and O–H groups in total. The van der Waals surface area contributed by atoms with Crippen LogP contribution >= 0.6 is 0 Å². The van der Waals surface area contributed by atoms with Crippen molar-refractivity contribution in [3.05, 3.63) is 42.2 Å². The first-order chi connectivity index (χ1) is 6.62. The fourth-order valence-electron chi connectivity index (χ4n) is 1.75. The zero-order valence-corrected chi connectivity index (χ0v) is 9.38. The highest BCUT2D eigenvalue weighted by Gasteiger charge is 2.21. The molecule has 0 aliphatic carbocycles. The van der Waals surface area contributed by atoms with E-state index in [4.69, 9.17) is 0 Å². The van der Waals surface area contributed by atoms with E-state index in [0.717, 1.165) is 12.8 Å². The monoisotopic (exact) mass is 189 g/mol. The van der Waals surface area contributed by atoms with Crippen molar-refractivity contribution >= 4 is 0 Å². The predicted molar refractivity (Wildman–Crippen MR) is 61.4 cm³/mol. The molecule has 0 saturated heterocycles. The second-order valence-electron chi connectivity index (χ2n) is 4.12. The van der Waals surface area contributed by atoms with E-state index >= 15 is 0 Å². The van der Waals surface area contributed by atoms with Gasteiger partial charge >= 0.3 is 0 Å². The number of rotatable bonds is 4. The number of aryl methyl sites for hydroxylation is 1. The van der Waals surface area contributed by atoms with E-state index in [1.807, 2.05) is 18.5 Å². The van der Waals surface area contributed by atoms with E-state index in [9.17, 15) is 0 Å². The summed E-state index contributed by atoms with van der Waals surface area (Å²) >= 11 is 0. The lowest BCUT2D eigenvalue weighted by Crippen LogP contribution is -2.18. The summed E-state index contributed by atoms with van der Waals surface area (Å²) in [7, 11) is 0. The molecule has 1 heterocycles. The lowest BCUT2D eigenvalue weighted by atomic mass is 9.79. The number of pyridine rings is 1. The van der Waals surface area contributed by atoms with Crippen molar-refractivity contribution in [2.24, 2.45) is 0 Å². The fourth-order valence-corrected chi connectivity index (χ4v) is 1.75. The molecule has 1 nitrogen and oxygen atoms in total. The average Bonchev–Trinajstić information content (AvgIpc) is 2.18. The van der Waals surface area contributed by atoms with E-state index in [1.54, 1.807) is 0 Å².